The third kappa shape index (κ3) is 5.85. The Morgan fingerprint density at radius 1 is 1.12 bits per heavy atom. The number of benzene rings is 2. The molecule has 0 saturated carbocycles. The maximum absolute atomic E-state index is 13.9. The van der Waals surface area contributed by atoms with Crippen molar-refractivity contribution in [2.24, 2.45) is 0 Å². The third-order valence-electron chi connectivity index (χ3n) is 4.74. The molecule has 0 unspecified atom stereocenters. The normalized spacial score (nSPS) is 12.6. The molecule has 32 heavy (non-hydrogen) atoms. The van der Waals surface area contributed by atoms with Gasteiger partial charge in [-0.1, -0.05) is 41.4 Å². The van der Waals surface area contributed by atoms with E-state index in [1.165, 1.54) is 30.9 Å². The fourth-order valence-electron chi connectivity index (χ4n) is 3.20. The van der Waals surface area contributed by atoms with Gasteiger partial charge in [0.25, 0.3) is 11.5 Å². The molecule has 166 valence electrons. The Balaban J connectivity index is 1.91. The maximum Gasteiger partial charge on any atom is 0.278 e. The molecule has 2 aromatic carbocycles. The third-order valence-corrected chi connectivity index (χ3v) is 4.93. The number of aromatic nitrogens is 2. The number of rotatable bonds is 8. The second-order valence-corrected chi connectivity index (χ2v) is 7.47. The molecule has 3 rings (SSSR count). The van der Waals surface area contributed by atoms with Gasteiger partial charge in [0, 0.05) is 30.2 Å². The van der Waals surface area contributed by atoms with Gasteiger partial charge in [-0.15, -0.1) is 0 Å². The van der Waals surface area contributed by atoms with Crippen LogP contribution in [-0.2, 0) is 16.0 Å². The number of aryl methyl sites for hydroxylation is 1. The number of carbonyl (C=O) groups is 2. The number of carbonyl (C=O) groups excluding carboxylic acids is 2. The van der Waals surface area contributed by atoms with Crippen molar-refractivity contribution in [2.75, 3.05) is 11.4 Å². The molecule has 0 aliphatic rings. The first-order valence-electron chi connectivity index (χ1n) is 9.82. The van der Waals surface area contributed by atoms with Crippen LogP contribution in [0.4, 0.5) is 14.5 Å². The highest BCUT2D eigenvalue weighted by molar-refractivity contribution is 6.32. The van der Waals surface area contributed by atoms with Crippen molar-refractivity contribution >= 4 is 29.1 Å². The number of alkyl halides is 2. The minimum atomic E-state index is -2.36. The van der Waals surface area contributed by atoms with Crippen molar-refractivity contribution in [2.45, 2.75) is 25.0 Å². The van der Waals surface area contributed by atoms with E-state index in [2.05, 4.69) is 15.3 Å². The van der Waals surface area contributed by atoms with Gasteiger partial charge in [-0.05, 0) is 43.2 Å². The first-order chi connectivity index (χ1) is 15.4. The van der Waals surface area contributed by atoms with Crippen LogP contribution in [0.2, 0.25) is 0 Å². The SMILES string of the molecule is Cc1ccc(N(C(=O)[C@H](F)Cl)[C@H](C(=O)NCCc2cccc(F)c2)c2cncnc2)cc1. The first-order valence-corrected chi connectivity index (χ1v) is 10.3. The Bertz CT molecular complexity index is 1070. The van der Waals surface area contributed by atoms with E-state index in [9.17, 15) is 18.4 Å². The molecule has 0 bridgehead atoms. The average molecular weight is 459 g/mol. The van der Waals surface area contributed by atoms with E-state index in [0.29, 0.717) is 12.0 Å². The molecule has 3 aromatic rings. The number of halogens is 3. The smallest absolute Gasteiger partial charge is 0.278 e. The van der Waals surface area contributed by atoms with Crippen LogP contribution in [0.5, 0.6) is 0 Å². The summed E-state index contributed by atoms with van der Waals surface area (Å²) in [7, 11) is 0. The van der Waals surface area contributed by atoms with Crippen LogP contribution in [0.1, 0.15) is 22.7 Å². The van der Waals surface area contributed by atoms with Crippen molar-refractivity contribution in [3.8, 4) is 0 Å². The number of nitrogens with one attached hydrogen (secondary N) is 1. The zero-order valence-corrected chi connectivity index (χ0v) is 18.0. The van der Waals surface area contributed by atoms with Gasteiger partial charge in [0.05, 0.1) is 0 Å². The van der Waals surface area contributed by atoms with Crippen LogP contribution < -0.4 is 10.2 Å². The summed E-state index contributed by atoms with van der Waals surface area (Å²) in [5, 5.41) is 2.73. The Labute approximate surface area is 189 Å². The van der Waals surface area contributed by atoms with Crippen LogP contribution in [0, 0.1) is 12.7 Å². The van der Waals surface area contributed by atoms with Gasteiger partial charge in [0.15, 0.2) is 0 Å². The highest BCUT2D eigenvalue weighted by Gasteiger charge is 2.36. The lowest BCUT2D eigenvalue weighted by Gasteiger charge is -2.31. The van der Waals surface area contributed by atoms with Gasteiger partial charge in [-0.25, -0.2) is 18.7 Å². The molecule has 0 fully saturated rings. The molecule has 2 amide bonds. The van der Waals surface area contributed by atoms with Gasteiger partial charge >= 0.3 is 0 Å². The molecule has 1 heterocycles. The Morgan fingerprint density at radius 3 is 2.44 bits per heavy atom. The second kappa shape index (κ2) is 10.8. The Morgan fingerprint density at radius 2 is 1.81 bits per heavy atom. The average Bonchev–Trinajstić information content (AvgIpc) is 2.78. The molecule has 1 aromatic heterocycles. The molecule has 1 N–H and O–H groups in total. The Hall–Kier alpha value is -3.39. The van der Waals surface area contributed by atoms with Crippen molar-refractivity contribution in [3.63, 3.8) is 0 Å². The molecule has 6 nitrogen and oxygen atoms in total. The summed E-state index contributed by atoms with van der Waals surface area (Å²) in [5.41, 5.74) is -0.174. The first kappa shape index (κ1) is 23.3. The van der Waals surface area contributed by atoms with E-state index in [1.54, 1.807) is 36.4 Å². The highest BCUT2D eigenvalue weighted by Crippen LogP contribution is 2.29. The summed E-state index contributed by atoms with van der Waals surface area (Å²) in [6.45, 7) is 2.03. The molecular weight excluding hydrogens is 438 g/mol. The van der Waals surface area contributed by atoms with Crippen molar-refractivity contribution < 1.29 is 18.4 Å². The number of amides is 2. The van der Waals surface area contributed by atoms with E-state index in [4.69, 9.17) is 11.6 Å². The fraction of sp³-hybridized carbons (Fsp3) is 0.217. The molecule has 2 atom stereocenters. The Kier molecular flexibility index (Phi) is 7.83. The van der Waals surface area contributed by atoms with Gasteiger partial charge in [0.2, 0.25) is 5.91 Å². The minimum absolute atomic E-state index is 0.169. The van der Waals surface area contributed by atoms with Gasteiger partial charge in [-0.2, -0.15) is 0 Å². The summed E-state index contributed by atoms with van der Waals surface area (Å²) in [6, 6.07) is 11.4. The van der Waals surface area contributed by atoms with E-state index < -0.39 is 23.5 Å². The van der Waals surface area contributed by atoms with Crippen LogP contribution in [0.25, 0.3) is 0 Å². The monoisotopic (exact) mass is 458 g/mol. The standard InChI is InChI=1S/C23H21ClF2N4O2/c1-15-5-7-19(8-6-15)30(23(32)21(24)26)20(17-12-27-14-28-13-17)22(31)29-10-9-16-3-2-4-18(25)11-16/h2-8,11-14,20-21H,9-10H2,1H3,(H,29,31)/t20-,21-/m0/s1. The van der Waals surface area contributed by atoms with Crippen LogP contribution in [-0.4, -0.2) is 34.0 Å². The zero-order valence-electron chi connectivity index (χ0n) is 17.2. The molecule has 0 saturated heterocycles. The summed E-state index contributed by atoms with van der Waals surface area (Å²) >= 11 is 5.48. The topological polar surface area (TPSA) is 75.2 Å². The fourth-order valence-corrected chi connectivity index (χ4v) is 3.31. The lowest BCUT2D eigenvalue weighted by atomic mass is 10.1. The van der Waals surface area contributed by atoms with Crippen molar-refractivity contribution in [1.82, 2.24) is 15.3 Å². The van der Waals surface area contributed by atoms with Gasteiger partial charge in [-0.3, -0.25) is 14.5 Å². The summed E-state index contributed by atoms with van der Waals surface area (Å²) in [6.07, 6.45) is 4.39. The number of nitrogens with zero attached hydrogens (tertiary/aromatic N) is 3. The molecule has 0 aliphatic carbocycles. The number of hydrogen-bond acceptors (Lipinski definition) is 4. The molecule has 9 heteroatoms. The highest BCUT2D eigenvalue weighted by atomic mass is 35.5. The van der Waals surface area contributed by atoms with Gasteiger partial charge < -0.3 is 5.32 Å². The molecule has 0 spiro atoms. The lowest BCUT2D eigenvalue weighted by molar-refractivity contribution is -0.127. The minimum Gasteiger partial charge on any atom is -0.354 e. The lowest BCUT2D eigenvalue weighted by Crippen LogP contribution is -2.46. The van der Waals surface area contributed by atoms with Gasteiger partial charge in [0.1, 0.15) is 18.2 Å². The number of anilines is 1. The second-order valence-electron chi connectivity index (χ2n) is 7.09. The van der Waals surface area contributed by atoms with Crippen LogP contribution >= 0.6 is 11.6 Å². The largest absolute Gasteiger partial charge is 0.354 e. The summed E-state index contributed by atoms with van der Waals surface area (Å²) < 4.78 is 27.3. The van der Waals surface area contributed by atoms with Crippen LogP contribution in [0.3, 0.4) is 0 Å². The molecule has 0 radical (unpaired) electrons. The van der Waals surface area contributed by atoms with Crippen molar-refractivity contribution in [1.29, 1.82) is 0 Å². The maximum atomic E-state index is 13.9. The van der Waals surface area contributed by atoms with E-state index in [1.807, 2.05) is 6.92 Å². The molecule has 0 aliphatic heterocycles. The van der Waals surface area contributed by atoms with E-state index in [0.717, 1.165) is 10.5 Å². The predicted octanol–water partition coefficient (Wildman–Crippen LogP) is 3.89. The van der Waals surface area contributed by atoms with E-state index in [-0.39, 0.29) is 23.6 Å². The quantitative estimate of drug-likeness (QED) is 0.520. The summed E-state index contributed by atoms with van der Waals surface area (Å²) in [5.74, 6) is -2.05. The summed E-state index contributed by atoms with van der Waals surface area (Å²) in [4.78, 5) is 34.8. The molecular formula is C23H21ClF2N4O2. The van der Waals surface area contributed by atoms with E-state index >= 15 is 0 Å². The van der Waals surface area contributed by atoms with Crippen molar-refractivity contribution in [3.05, 3.63) is 89.8 Å². The zero-order chi connectivity index (χ0) is 23.1. The number of hydrogen-bond donors (Lipinski definition) is 1. The van der Waals surface area contributed by atoms with Crippen LogP contribution in [0.15, 0.2) is 67.3 Å². The predicted molar refractivity (Wildman–Crippen MR) is 117 cm³/mol.